The number of ether oxygens (including phenoxy) is 1. The first-order valence-corrected chi connectivity index (χ1v) is 16.9. The third kappa shape index (κ3) is 13.5. The van der Waals surface area contributed by atoms with Crippen LogP contribution in [0.1, 0.15) is 87.0 Å². The van der Waals surface area contributed by atoms with E-state index in [1.165, 1.54) is 44.9 Å². The van der Waals surface area contributed by atoms with E-state index in [4.69, 9.17) is 4.74 Å². The molecular formula is C32H63NO5S. The van der Waals surface area contributed by atoms with E-state index in [0.29, 0.717) is 48.0 Å². The summed E-state index contributed by atoms with van der Waals surface area (Å²) in [7, 11) is 4.25. The Kier molecular flexibility index (Phi) is 17.2. The Morgan fingerprint density at radius 1 is 0.692 bits per heavy atom. The molecule has 0 spiro atoms. The largest absolute Gasteiger partial charge is 0.466 e. The van der Waals surface area contributed by atoms with Gasteiger partial charge in [0, 0.05) is 13.5 Å². The van der Waals surface area contributed by atoms with Crippen LogP contribution in [0.15, 0.2) is 0 Å². The molecule has 6 atom stereocenters. The van der Waals surface area contributed by atoms with Crippen molar-refractivity contribution in [2.45, 2.75) is 105 Å². The number of thioether (sulfide) groups is 1. The van der Waals surface area contributed by atoms with E-state index in [9.17, 15) is 20.1 Å². The van der Waals surface area contributed by atoms with E-state index in [2.05, 4.69) is 66.8 Å². The molecule has 3 saturated carbocycles. The molecule has 6 unspecified atom stereocenters. The molecule has 232 valence electrons. The van der Waals surface area contributed by atoms with Gasteiger partial charge in [0.1, 0.15) is 0 Å². The molecule has 0 radical (unpaired) electrons. The summed E-state index contributed by atoms with van der Waals surface area (Å²) >= 11 is 1.93. The smallest absolute Gasteiger partial charge is 0.302 e. The summed E-state index contributed by atoms with van der Waals surface area (Å²) < 4.78 is 4.99. The maximum atomic E-state index is 10.6. The molecule has 7 heteroatoms. The molecule has 3 aliphatic carbocycles. The third-order valence-electron chi connectivity index (χ3n) is 9.28. The minimum Gasteiger partial charge on any atom is -0.466 e. The number of aliphatic hydroxyl groups excluding tert-OH is 3. The molecule has 0 aromatic rings. The van der Waals surface area contributed by atoms with Gasteiger partial charge >= 0.3 is 5.97 Å². The van der Waals surface area contributed by atoms with Crippen LogP contribution in [0, 0.1) is 53.3 Å². The van der Waals surface area contributed by atoms with Crippen molar-refractivity contribution < 1.29 is 24.9 Å². The van der Waals surface area contributed by atoms with E-state index >= 15 is 0 Å². The van der Waals surface area contributed by atoms with E-state index in [1.54, 1.807) is 0 Å². The van der Waals surface area contributed by atoms with E-state index in [0.717, 1.165) is 24.7 Å². The molecule has 0 aliphatic heterocycles. The molecule has 3 aliphatic rings. The number of hydrogen-bond acceptors (Lipinski definition) is 7. The molecule has 39 heavy (non-hydrogen) atoms. The zero-order valence-electron chi connectivity index (χ0n) is 26.8. The summed E-state index contributed by atoms with van der Waals surface area (Å²) in [6.45, 7) is 15.9. The highest BCUT2D eigenvalue weighted by molar-refractivity contribution is 7.98. The van der Waals surface area contributed by atoms with Gasteiger partial charge in [0.05, 0.1) is 24.9 Å². The van der Waals surface area contributed by atoms with Gasteiger partial charge in [0.2, 0.25) is 0 Å². The number of aliphatic hydroxyl groups is 3. The van der Waals surface area contributed by atoms with Crippen LogP contribution in [0.4, 0.5) is 0 Å². The topological polar surface area (TPSA) is 90.2 Å². The molecule has 3 N–H and O–H groups in total. The van der Waals surface area contributed by atoms with Crippen molar-refractivity contribution >= 4 is 17.7 Å². The Morgan fingerprint density at radius 2 is 1.03 bits per heavy atom. The Labute approximate surface area is 245 Å². The van der Waals surface area contributed by atoms with Crippen LogP contribution in [0.5, 0.6) is 0 Å². The fourth-order valence-electron chi connectivity index (χ4n) is 7.37. The highest BCUT2D eigenvalue weighted by Gasteiger charge is 2.33. The van der Waals surface area contributed by atoms with E-state index in [1.807, 2.05) is 11.8 Å². The van der Waals surface area contributed by atoms with Crippen LogP contribution in [0.25, 0.3) is 0 Å². The standard InChI is InChI=1S/C11H23NO.C11H20O3.C10H20OS/c1-8-5-10(7-12(3)4)6-9(2)11(8)13;1-7-4-10(6-14-9(3)12)5-8(2)11(7)13;1-7-4-9(6-12-3)5-8(2)10(7)11/h8-11,13H,5-7H2,1-4H3;7-8,10-11,13H,4-6H2,1-3H3;7-11H,4-6H2,1-3H3. The predicted molar refractivity (Wildman–Crippen MR) is 165 cm³/mol. The van der Waals surface area contributed by atoms with Gasteiger partial charge in [-0.15, -0.1) is 0 Å². The fraction of sp³-hybridized carbons (Fsp3) is 0.969. The van der Waals surface area contributed by atoms with E-state index in [-0.39, 0.29) is 24.3 Å². The van der Waals surface area contributed by atoms with Gasteiger partial charge in [-0.2, -0.15) is 11.8 Å². The minimum atomic E-state index is -0.212. The van der Waals surface area contributed by atoms with Crippen molar-refractivity contribution in [2.75, 3.05) is 39.3 Å². The summed E-state index contributed by atoms with van der Waals surface area (Å²) in [5.41, 5.74) is 0. The first-order valence-electron chi connectivity index (χ1n) is 15.5. The number of hydrogen-bond donors (Lipinski definition) is 3. The fourth-order valence-corrected chi connectivity index (χ4v) is 8.11. The number of carbonyl (C=O) groups excluding carboxylic acids is 1. The zero-order valence-corrected chi connectivity index (χ0v) is 27.6. The van der Waals surface area contributed by atoms with Gasteiger partial charge < -0.3 is 25.0 Å². The molecule has 0 aromatic heterocycles. The maximum absolute atomic E-state index is 10.6. The highest BCUT2D eigenvalue weighted by Crippen LogP contribution is 2.35. The first kappa shape index (κ1) is 36.7. The molecule has 3 fully saturated rings. The van der Waals surface area contributed by atoms with Crippen LogP contribution >= 0.6 is 11.8 Å². The van der Waals surface area contributed by atoms with Crippen LogP contribution in [0.2, 0.25) is 0 Å². The summed E-state index contributed by atoms with van der Waals surface area (Å²) in [6.07, 6.45) is 8.56. The van der Waals surface area contributed by atoms with Crippen molar-refractivity contribution in [3.05, 3.63) is 0 Å². The van der Waals surface area contributed by atoms with Crippen molar-refractivity contribution in [1.82, 2.24) is 4.90 Å². The maximum Gasteiger partial charge on any atom is 0.302 e. The van der Waals surface area contributed by atoms with Gasteiger partial charge in [-0.1, -0.05) is 41.5 Å². The lowest BCUT2D eigenvalue weighted by molar-refractivity contribution is -0.143. The molecular weight excluding hydrogens is 510 g/mol. The monoisotopic (exact) mass is 573 g/mol. The van der Waals surface area contributed by atoms with Crippen molar-refractivity contribution in [1.29, 1.82) is 0 Å². The Hall–Kier alpha value is -0.340. The number of carbonyl (C=O) groups is 1. The molecule has 0 aromatic carbocycles. The second kappa shape index (κ2) is 18.3. The average Bonchev–Trinajstić information content (AvgIpc) is 2.83. The number of rotatable bonds is 6. The van der Waals surface area contributed by atoms with Crippen molar-refractivity contribution in [3.63, 3.8) is 0 Å². The van der Waals surface area contributed by atoms with Gasteiger partial charge in [-0.3, -0.25) is 4.79 Å². The van der Waals surface area contributed by atoms with Gasteiger partial charge in [0.15, 0.2) is 0 Å². The van der Waals surface area contributed by atoms with Crippen LogP contribution in [-0.4, -0.2) is 83.8 Å². The molecule has 0 saturated heterocycles. The lowest BCUT2D eigenvalue weighted by Gasteiger charge is -2.37. The lowest BCUT2D eigenvalue weighted by atomic mass is 9.74. The predicted octanol–water partition coefficient (Wildman–Crippen LogP) is 5.58. The normalized spacial score (nSPS) is 40.6. The van der Waals surface area contributed by atoms with Crippen LogP contribution in [-0.2, 0) is 9.53 Å². The van der Waals surface area contributed by atoms with Crippen LogP contribution < -0.4 is 0 Å². The van der Waals surface area contributed by atoms with Crippen molar-refractivity contribution in [3.8, 4) is 0 Å². The second-order valence-corrected chi connectivity index (χ2v) is 14.8. The summed E-state index contributed by atoms with van der Waals surface area (Å²) in [5.74, 6) is 5.71. The van der Waals surface area contributed by atoms with Crippen LogP contribution in [0.3, 0.4) is 0 Å². The van der Waals surface area contributed by atoms with Crippen molar-refractivity contribution in [2.24, 2.45) is 53.3 Å². The van der Waals surface area contributed by atoms with Gasteiger partial charge in [0.25, 0.3) is 0 Å². The summed E-state index contributed by atoms with van der Waals surface area (Å²) in [4.78, 5) is 12.9. The molecule has 0 amide bonds. The Balaban J connectivity index is 0.000000293. The quantitative estimate of drug-likeness (QED) is 0.358. The highest BCUT2D eigenvalue weighted by atomic mass is 32.2. The first-order chi connectivity index (χ1) is 18.2. The SMILES string of the molecule is CC(=O)OCC1CC(C)C(O)C(C)C1.CC1CC(CN(C)C)CC(C)C1O.CSCC1CC(C)C(O)C(C)C1. The zero-order chi connectivity index (χ0) is 29.9. The number of esters is 1. The molecule has 0 bridgehead atoms. The van der Waals surface area contributed by atoms with E-state index < -0.39 is 0 Å². The molecule has 6 nitrogen and oxygen atoms in total. The summed E-state index contributed by atoms with van der Waals surface area (Å²) in [6, 6.07) is 0. The Morgan fingerprint density at radius 3 is 1.33 bits per heavy atom. The molecule has 3 rings (SSSR count). The number of nitrogens with zero attached hydrogens (tertiary/aromatic N) is 1. The third-order valence-corrected chi connectivity index (χ3v) is 10.1. The second-order valence-electron chi connectivity index (χ2n) is 13.9. The molecule has 0 heterocycles. The minimum absolute atomic E-state index is 0.0527. The van der Waals surface area contributed by atoms with Gasteiger partial charge in [-0.05, 0) is 118 Å². The average molecular weight is 574 g/mol. The summed E-state index contributed by atoms with van der Waals surface area (Å²) in [5, 5.41) is 29.2. The lowest BCUT2D eigenvalue weighted by Crippen LogP contribution is -2.37. The Bertz CT molecular complexity index is 643. The van der Waals surface area contributed by atoms with Gasteiger partial charge in [-0.25, -0.2) is 0 Å².